The molecule has 0 bridgehead atoms. The van der Waals surface area contributed by atoms with E-state index in [0.717, 1.165) is 78.6 Å². The van der Waals surface area contributed by atoms with Crippen molar-refractivity contribution in [1.82, 2.24) is 19.8 Å². The molecule has 0 aliphatic carbocycles. The van der Waals surface area contributed by atoms with Crippen molar-refractivity contribution >= 4 is 39.8 Å². The van der Waals surface area contributed by atoms with Crippen LogP contribution in [-0.2, 0) is 17.8 Å². The molecule has 3 aromatic rings. The Kier molecular flexibility index (Phi) is 6.04. The van der Waals surface area contributed by atoms with Crippen LogP contribution in [0.15, 0.2) is 36.4 Å². The molecule has 8 nitrogen and oxygen atoms in total. The van der Waals surface area contributed by atoms with Gasteiger partial charge in [0.05, 0.1) is 23.3 Å². The minimum Gasteiger partial charge on any atom is -0.462 e. The summed E-state index contributed by atoms with van der Waals surface area (Å²) in [6.45, 7) is 5.62. The van der Waals surface area contributed by atoms with Gasteiger partial charge in [-0.1, -0.05) is 35.9 Å². The van der Waals surface area contributed by atoms with Gasteiger partial charge in [0.15, 0.2) is 0 Å². The smallest absolute Gasteiger partial charge is 0.318 e. The van der Waals surface area contributed by atoms with Crippen LogP contribution in [0.3, 0.4) is 0 Å². The van der Waals surface area contributed by atoms with Gasteiger partial charge in [-0.05, 0) is 50.4 Å². The van der Waals surface area contributed by atoms with Gasteiger partial charge < -0.3 is 24.3 Å². The summed E-state index contributed by atoms with van der Waals surface area (Å²) in [5.41, 5.74) is 3.36. The number of anilines is 2. The number of fused-ring (bicyclic) bond motifs is 3. The second kappa shape index (κ2) is 9.58. The van der Waals surface area contributed by atoms with Gasteiger partial charge in [-0.2, -0.15) is 9.97 Å². The SMILES string of the molecule is CN1CCCC1COc1nc2c(c(N3CCN4C(=O)CC4C3)n1)CCN(c1cccc3cccc(Cl)c13)C2. The lowest BCUT2D eigenvalue weighted by molar-refractivity contribution is -0.146. The summed E-state index contributed by atoms with van der Waals surface area (Å²) in [6.07, 6.45) is 3.83. The molecule has 3 saturated heterocycles. The number of carbonyl (C=O) groups excluding carboxylic acids is 1. The molecule has 4 aliphatic heterocycles. The van der Waals surface area contributed by atoms with E-state index in [1.165, 1.54) is 12.0 Å². The predicted octanol–water partition coefficient (Wildman–Crippen LogP) is 3.74. The van der Waals surface area contributed by atoms with Crippen LogP contribution in [0.1, 0.15) is 30.5 Å². The van der Waals surface area contributed by atoms with Crippen LogP contribution in [-0.4, -0.2) is 84.1 Å². The van der Waals surface area contributed by atoms with Gasteiger partial charge in [-0.25, -0.2) is 0 Å². The molecular formula is C29H33ClN6O2. The summed E-state index contributed by atoms with van der Waals surface area (Å²) in [7, 11) is 2.16. The molecule has 3 fully saturated rings. The first-order valence-electron chi connectivity index (χ1n) is 13.7. The molecule has 2 unspecified atom stereocenters. The summed E-state index contributed by atoms with van der Waals surface area (Å²) in [5.74, 6) is 1.26. The summed E-state index contributed by atoms with van der Waals surface area (Å²) in [4.78, 5) is 31.0. The summed E-state index contributed by atoms with van der Waals surface area (Å²) >= 11 is 6.68. The minimum absolute atomic E-state index is 0.272. The van der Waals surface area contributed by atoms with Crippen LogP contribution in [0.25, 0.3) is 10.8 Å². The van der Waals surface area contributed by atoms with Crippen LogP contribution >= 0.6 is 11.6 Å². The van der Waals surface area contributed by atoms with Crippen LogP contribution in [0.5, 0.6) is 6.01 Å². The second-order valence-corrected chi connectivity index (χ2v) is 11.4. The topological polar surface area (TPSA) is 65.0 Å². The Bertz CT molecular complexity index is 1390. The molecule has 7 rings (SSSR count). The third-order valence-corrected chi connectivity index (χ3v) is 9.10. The Balaban J connectivity index is 1.22. The molecule has 198 valence electrons. The van der Waals surface area contributed by atoms with Gasteiger partial charge in [0.1, 0.15) is 12.4 Å². The van der Waals surface area contributed by atoms with Crippen LogP contribution in [0.4, 0.5) is 11.5 Å². The predicted molar refractivity (Wildman–Crippen MR) is 149 cm³/mol. The first-order chi connectivity index (χ1) is 18.5. The van der Waals surface area contributed by atoms with Gasteiger partial charge in [-0.15, -0.1) is 0 Å². The summed E-state index contributed by atoms with van der Waals surface area (Å²) in [6, 6.07) is 13.6. The normalized spacial score (nSPS) is 23.4. The molecule has 2 atom stereocenters. The average molecular weight is 533 g/mol. The van der Waals surface area contributed by atoms with E-state index in [1.54, 1.807) is 0 Å². The molecule has 0 radical (unpaired) electrons. The van der Waals surface area contributed by atoms with Gasteiger partial charge in [0.2, 0.25) is 5.91 Å². The van der Waals surface area contributed by atoms with Gasteiger partial charge in [0, 0.05) is 55.3 Å². The quantitative estimate of drug-likeness (QED) is 0.464. The highest BCUT2D eigenvalue weighted by Crippen LogP contribution is 2.37. The molecule has 1 aromatic heterocycles. The minimum atomic E-state index is 0.272. The number of hydrogen-bond donors (Lipinski definition) is 0. The number of aromatic nitrogens is 2. The van der Waals surface area contributed by atoms with Crippen molar-refractivity contribution in [1.29, 1.82) is 0 Å². The molecule has 2 aromatic carbocycles. The molecule has 0 N–H and O–H groups in total. The maximum atomic E-state index is 12.0. The van der Waals surface area contributed by atoms with E-state index in [2.05, 4.69) is 46.0 Å². The molecule has 5 heterocycles. The zero-order valence-corrected chi connectivity index (χ0v) is 22.5. The zero-order valence-electron chi connectivity index (χ0n) is 21.8. The number of β-lactam (4-membered cyclic amide) rings is 1. The lowest BCUT2D eigenvalue weighted by atomic mass is 9.97. The zero-order chi connectivity index (χ0) is 25.8. The number of ether oxygens (including phenoxy) is 1. The van der Waals surface area contributed by atoms with Crippen molar-refractivity contribution in [2.24, 2.45) is 0 Å². The third kappa shape index (κ3) is 4.14. The lowest BCUT2D eigenvalue weighted by Crippen LogP contribution is -2.63. The number of hydrogen-bond acceptors (Lipinski definition) is 7. The molecule has 38 heavy (non-hydrogen) atoms. The Morgan fingerprint density at radius 2 is 1.92 bits per heavy atom. The van der Waals surface area contributed by atoms with Crippen molar-refractivity contribution in [3.63, 3.8) is 0 Å². The maximum Gasteiger partial charge on any atom is 0.318 e. The fraction of sp³-hybridized carbons (Fsp3) is 0.483. The van der Waals surface area contributed by atoms with E-state index in [0.29, 0.717) is 31.6 Å². The number of amides is 1. The van der Waals surface area contributed by atoms with E-state index >= 15 is 0 Å². The highest BCUT2D eigenvalue weighted by molar-refractivity contribution is 6.36. The highest BCUT2D eigenvalue weighted by atomic mass is 35.5. The van der Waals surface area contributed by atoms with E-state index in [9.17, 15) is 4.79 Å². The second-order valence-electron chi connectivity index (χ2n) is 11.0. The van der Waals surface area contributed by atoms with Gasteiger partial charge in [0.25, 0.3) is 0 Å². The fourth-order valence-corrected chi connectivity index (χ4v) is 6.86. The highest BCUT2D eigenvalue weighted by Gasteiger charge is 2.41. The molecule has 0 saturated carbocycles. The molecule has 9 heteroatoms. The largest absolute Gasteiger partial charge is 0.462 e. The number of rotatable bonds is 5. The number of halogens is 1. The molecule has 1 amide bonds. The van der Waals surface area contributed by atoms with Crippen molar-refractivity contribution in [3.05, 3.63) is 52.7 Å². The number of carbonyl (C=O) groups is 1. The summed E-state index contributed by atoms with van der Waals surface area (Å²) in [5, 5.41) is 2.99. The van der Waals surface area contributed by atoms with E-state index in [-0.39, 0.29) is 11.9 Å². The standard InChI is InChI=1S/C29H33ClN6O2/c1-33-11-4-7-20(33)18-38-29-31-24-17-34(25-9-3-6-19-5-2-8-23(30)27(19)25)12-10-22(24)28(32-29)35-13-14-36-21(16-35)15-26(36)37/h2-3,5-6,8-9,20-21H,4,7,10-18H2,1H3. The van der Waals surface area contributed by atoms with Crippen molar-refractivity contribution in [3.8, 4) is 6.01 Å². The van der Waals surface area contributed by atoms with Crippen LogP contribution in [0, 0.1) is 0 Å². The number of likely N-dealkylation sites (tertiary alicyclic amines) is 1. The maximum absolute atomic E-state index is 12.0. The summed E-state index contributed by atoms with van der Waals surface area (Å²) < 4.78 is 6.27. The number of likely N-dealkylation sites (N-methyl/N-ethyl adjacent to an activating group) is 1. The van der Waals surface area contributed by atoms with Crippen LogP contribution in [0.2, 0.25) is 5.02 Å². The monoisotopic (exact) mass is 532 g/mol. The molecule has 4 aliphatic rings. The number of benzene rings is 2. The fourth-order valence-electron chi connectivity index (χ4n) is 6.58. The van der Waals surface area contributed by atoms with Gasteiger partial charge in [-0.3, -0.25) is 4.79 Å². The first-order valence-corrected chi connectivity index (χ1v) is 14.1. The van der Waals surface area contributed by atoms with E-state index < -0.39 is 0 Å². The van der Waals surface area contributed by atoms with Crippen molar-refractivity contribution in [2.45, 2.75) is 44.3 Å². The van der Waals surface area contributed by atoms with E-state index in [4.69, 9.17) is 26.3 Å². The average Bonchev–Trinajstić information content (AvgIpc) is 3.34. The third-order valence-electron chi connectivity index (χ3n) is 8.78. The first kappa shape index (κ1) is 24.0. The number of piperazine rings is 1. The van der Waals surface area contributed by atoms with Crippen LogP contribution < -0.4 is 14.5 Å². The Morgan fingerprint density at radius 3 is 2.71 bits per heavy atom. The number of nitrogens with zero attached hydrogens (tertiary/aromatic N) is 6. The van der Waals surface area contributed by atoms with Gasteiger partial charge >= 0.3 is 6.01 Å². The lowest BCUT2D eigenvalue weighted by Gasteiger charge is -2.48. The van der Waals surface area contributed by atoms with E-state index in [1.807, 2.05) is 17.0 Å². The van der Waals surface area contributed by atoms with Crippen molar-refractivity contribution in [2.75, 3.05) is 56.2 Å². The Hall–Kier alpha value is -3.10. The molecular weight excluding hydrogens is 500 g/mol. The Morgan fingerprint density at radius 1 is 1.05 bits per heavy atom. The Labute approximate surface area is 228 Å². The molecule has 0 spiro atoms. The van der Waals surface area contributed by atoms with Crippen molar-refractivity contribution < 1.29 is 9.53 Å².